The van der Waals surface area contributed by atoms with Gasteiger partial charge >= 0.3 is 19.8 Å². The first-order valence-electron chi connectivity index (χ1n) is 21.9. The smallest absolute Gasteiger partial charge is 0.457 e. The van der Waals surface area contributed by atoms with Crippen LogP contribution in [0.25, 0.3) is 0 Å². The van der Waals surface area contributed by atoms with Crippen LogP contribution in [0.1, 0.15) is 194 Å². The fraction of sp³-hybridized carbons (Fsp3) is 0.818. The number of aliphatic hydroxyl groups is 2. The van der Waals surface area contributed by atoms with E-state index in [0.717, 1.165) is 57.8 Å². The summed E-state index contributed by atoms with van der Waals surface area (Å²) in [6, 6.07) is 0. The van der Waals surface area contributed by atoms with Crippen LogP contribution in [0.3, 0.4) is 0 Å². The number of rotatable bonds is 41. The molecule has 0 spiro atoms. The van der Waals surface area contributed by atoms with E-state index in [4.69, 9.17) is 18.5 Å². The summed E-state index contributed by atoms with van der Waals surface area (Å²) in [7, 11) is -4.64. The lowest BCUT2D eigenvalue weighted by atomic mass is 10.0. The van der Waals surface area contributed by atoms with Gasteiger partial charge in [0.05, 0.1) is 26.4 Å². The van der Waals surface area contributed by atoms with Crippen LogP contribution in [0.5, 0.6) is 0 Å². The summed E-state index contributed by atoms with van der Waals surface area (Å²) in [5.74, 6) is -1.04. The van der Waals surface area contributed by atoms with Gasteiger partial charge in [-0.2, -0.15) is 0 Å². The lowest BCUT2D eigenvalue weighted by Gasteiger charge is -2.20. The number of unbranched alkanes of at least 4 members (excludes halogenated alkanes) is 21. The lowest BCUT2D eigenvalue weighted by molar-refractivity contribution is -0.153. The molecule has 0 aromatic carbocycles. The Morgan fingerprint density at radius 3 is 1.24 bits per heavy atom. The third-order valence-electron chi connectivity index (χ3n) is 9.37. The Labute approximate surface area is 335 Å². The number of allylic oxidation sites excluding steroid dienone is 6. The van der Waals surface area contributed by atoms with Gasteiger partial charge in [-0.3, -0.25) is 18.6 Å². The average molecular weight is 801 g/mol. The highest BCUT2D eigenvalue weighted by Gasteiger charge is 2.27. The maximum atomic E-state index is 12.4. The summed E-state index contributed by atoms with van der Waals surface area (Å²) in [4.78, 5) is 34.5. The van der Waals surface area contributed by atoms with Crippen molar-refractivity contribution in [3.63, 3.8) is 0 Å². The van der Waals surface area contributed by atoms with E-state index >= 15 is 0 Å². The number of phosphoric ester groups is 1. The fourth-order valence-corrected chi connectivity index (χ4v) is 6.80. The standard InChI is InChI=1S/C44H81O10P/c1-3-5-7-9-11-13-15-17-18-19-20-21-22-24-26-28-30-32-34-36-44(48)54-42(38-46)40-52-55(49,50)51-39-41(37-45)53-43(47)35-33-31-29-27-25-23-16-14-12-10-8-6-4-2/h6,8,12,14,23,25,41-42,45-46H,3-5,7,9-11,13,15-22,24,26-40H2,1-2H3,(H,49,50)/b8-6-,14-12-,25-23-. The zero-order chi connectivity index (χ0) is 40.5. The van der Waals surface area contributed by atoms with E-state index in [0.29, 0.717) is 12.8 Å². The molecule has 0 rings (SSSR count). The van der Waals surface area contributed by atoms with E-state index < -0.39 is 58.4 Å². The van der Waals surface area contributed by atoms with Crippen molar-refractivity contribution >= 4 is 19.8 Å². The van der Waals surface area contributed by atoms with Gasteiger partial charge in [-0.15, -0.1) is 0 Å². The highest BCUT2D eigenvalue weighted by atomic mass is 31.2. The van der Waals surface area contributed by atoms with Gasteiger partial charge in [0, 0.05) is 12.8 Å². The third-order valence-corrected chi connectivity index (χ3v) is 10.3. The van der Waals surface area contributed by atoms with Crippen LogP contribution in [0.4, 0.5) is 0 Å². The first-order chi connectivity index (χ1) is 26.8. The summed E-state index contributed by atoms with van der Waals surface area (Å²) in [5.41, 5.74) is 0. The molecule has 0 bridgehead atoms. The highest BCUT2D eigenvalue weighted by Crippen LogP contribution is 2.43. The van der Waals surface area contributed by atoms with Crippen LogP contribution in [0.2, 0.25) is 0 Å². The second kappa shape index (κ2) is 40.4. The minimum Gasteiger partial charge on any atom is -0.457 e. The van der Waals surface area contributed by atoms with Gasteiger partial charge in [0.25, 0.3) is 0 Å². The predicted octanol–water partition coefficient (Wildman–Crippen LogP) is 11.6. The maximum Gasteiger partial charge on any atom is 0.472 e. The zero-order valence-corrected chi connectivity index (χ0v) is 35.8. The van der Waals surface area contributed by atoms with Crippen LogP contribution in [0, 0.1) is 0 Å². The van der Waals surface area contributed by atoms with Crippen molar-refractivity contribution in [1.29, 1.82) is 0 Å². The van der Waals surface area contributed by atoms with E-state index in [9.17, 15) is 29.3 Å². The molecule has 322 valence electrons. The Kier molecular flexibility index (Phi) is 39.1. The molecule has 3 atom stereocenters. The fourth-order valence-electron chi connectivity index (χ4n) is 6.01. The predicted molar refractivity (Wildman–Crippen MR) is 224 cm³/mol. The molecule has 0 fully saturated rings. The van der Waals surface area contributed by atoms with Crippen molar-refractivity contribution in [3.8, 4) is 0 Å². The molecule has 0 aromatic rings. The summed E-state index contributed by atoms with van der Waals surface area (Å²) in [5, 5.41) is 19.1. The topological polar surface area (TPSA) is 149 Å². The first-order valence-corrected chi connectivity index (χ1v) is 23.4. The third kappa shape index (κ3) is 38.8. The molecule has 10 nitrogen and oxygen atoms in total. The number of ether oxygens (including phenoxy) is 2. The minimum atomic E-state index is -4.64. The SMILES string of the molecule is CC/C=C\C/C=C\C/C=C\CCCCCC(=O)OC(CO)COP(=O)(O)OCC(CO)OC(=O)CCCCCCCCCCCCCCCCCCCCC. The Morgan fingerprint density at radius 1 is 0.509 bits per heavy atom. The normalized spacial score (nSPS) is 14.2. The molecular formula is C44H81O10P. The molecular weight excluding hydrogens is 719 g/mol. The van der Waals surface area contributed by atoms with Gasteiger partial charge in [-0.25, -0.2) is 4.57 Å². The molecule has 0 aliphatic rings. The van der Waals surface area contributed by atoms with Gasteiger partial charge in [0.15, 0.2) is 0 Å². The number of phosphoric acid groups is 1. The Bertz CT molecular complexity index is 1010. The van der Waals surface area contributed by atoms with Crippen molar-refractivity contribution in [2.45, 2.75) is 206 Å². The van der Waals surface area contributed by atoms with Crippen molar-refractivity contribution in [3.05, 3.63) is 36.5 Å². The van der Waals surface area contributed by atoms with E-state index in [1.807, 2.05) is 0 Å². The maximum absolute atomic E-state index is 12.4. The lowest BCUT2D eigenvalue weighted by Crippen LogP contribution is -2.28. The molecule has 0 aliphatic carbocycles. The quantitative estimate of drug-likeness (QED) is 0.0236. The second-order valence-electron chi connectivity index (χ2n) is 14.7. The number of hydrogen-bond acceptors (Lipinski definition) is 9. The van der Waals surface area contributed by atoms with E-state index in [-0.39, 0.29) is 12.8 Å². The zero-order valence-electron chi connectivity index (χ0n) is 34.9. The van der Waals surface area contributed by atoms with Crippen molar-refractivity contribution in [2.75, 3.05) is 26.4 Å². The number of esters is 2. The minimum absolute atomic E-state index is 0.157. The molecule has 0 aromatic heterocycles. The Balaban J connectivity index is 3.90. The molecule has 0 saturated carbocycles. The van der Waals surface area contributed by atoms with Crippen LogP contribution in [-0.4, -0.2) is 65.7 Å². The van der Waals surface area contributed by atoms with Gasteiger partial charge in [-0.05, 0) is 44.9 Å². The summed E-state index contributed by atoms with van der Waals surface area (Å²) >= 11 is 0. The number of hydrogen-bond donors (Lipinski definition) is 3. The van der Waals surface area contributed by atoms with Crippen molar-refractivity contribution in [2.24, 2.45) is 0 Å². The number of carbonyl (C=O) groups excluding carboxylic acids is 2. The van der Waals surface area contributed by atoms with Gasteiger partial charge in [-0.1, -0.05) is 172 Å². The van der Waals surface area contributed by atoms with Crippen molar-refractivity contribution < 1.29 is 47.8 Å². The monoisotopic (exact) mass is 801 g/mol. The highest BCUT2D eigenvalue weighted by molar-refractivity contribution is 7.47. The summed E-state index contributed by atoms with van der Waals surface area (Å²) < 4.78 is 32.5. The number of carbonyl (C=O) groups is 2. The molecule has 0 heterocycles. The molecule has 0 radical (unpaired) electrons. The molecule has 3 N–H and O–H groups in total. The summed E-state index contributed by atoms with van der Waals surface area (Å²) in [6.07, 6.45) is 41.3. The molecule has 0 aliphatic heterocycles. The van der Waals surface area contributed by atoms with Gasteiger partial charge in [0.1, 0.15) is 12.2 Å². The Hall–Kier alpha value is -1.81. The van der Waals surface area contributed by atoms with Crippen LogP contribution in [-0.2, 0) is 32.7 Å². The second-order valence-corrected chi connectivity index (χ2v) is 16.1. The van der Waals surface area contributed by atoms with Crippen LogP contribution < -0.4 is 0 Å². The van der Waals surface area contributed by atoms with E-state index in [1.165, 1.54) is 96.3 Å². The average Bonchev–Trinajstić information content (AvgIpc) is 3.17. The molecule has 11 heteroatoms. The van der Waals surface area contributed by atoms with Gasteiger partial charge < -0.3 is 24.6 Å². The van der Waals surface area contributed by atoms with Crippen LogP contribution in [0.15, 0.2) is 36.5 Å². The molecule has 55 heavy (non-hydrogen) atoms. The van der Waals surface area contributed by atoms with Gasteiger partial charge in [0.2, 0.25) is 0 Å². The molecule has 0 amide bonds. The van der Waals surface area contributed by atoms with E-state index in [2.05, 4.69) is 50.3 Å². The Morgan fingerprint density at radius 2 is 0.855 bits per heavy atom. The van der Waals surface area contributed by atoms with Crippen molar-refractivity contribution in [1.82, 2.24) is 0 Å². The molecule has 3 unspecified atom stereocenters. The molecule has 0 saturated heterocycles. The largest absolute Gasteiger partial charge is 0.472 e. The first kappa shape index (κ1) is 53.2. The van der Waals surface area contributed by atoms with E-state index in [1.54, 1.807) is 0 Å². The van der Waals surface area contributed by atoms with Crippen LogP contribution >= 0.6 is 7.82 Å². The summed E-state index contributed by atoms with van der Waals surface area (Å²) in [6.45, 7) is 2.07. The number of aliphatic hydroxyl groups excluding tert-OH is 2.